The van der Waals surface area contributed by atoms with E-state index in [2.05, 4.69) is 0 Å². The van der Waals surface area contributed by atoms with Gasteiger partial charge in [0.15, 0.2) is 0 Å². The zero-order chi connectivity index (χ0) is 23.3. The molecule has 0 spiro atoms. The molecule has 0 N–H and O–H groups in total. The minimum absolute atomic E-state index is 0.0438. The first-order valence-corrected chi connectivity index (χ1v) is 11.0. The molecule has 2 amide bonds. The lowest BCUT2D eigenvalue weighted by Gasteiger charge is -2.43. The number of pyridine rings is 1. The smallest absolute Gasteiger partial charge is 0.334 e. The maximum Gasteiger partial charge on any atom is 0.334 e. The van der Waals surface area contributed by atoms with E-state index in [0.717, 1.165) is 12.1 Å². The molecule has 1 aromatic heterocycles. The highest BCUT2D eigenvalue weighted by Gasteiger charge is 2.42. The fraction of sp³-hybridized carbons (Fsp3) is 0.435. The number of amides is 2. The number of hydrogen-bond donors (Lipinski definition) is 0. The number of nitro groups is 1. The molecule has 10 heteroatoms. The number of likely N-dealkylation sites (tertiary alicyclic amines) is 1. The number of piperidine rings is 1. The predicted molar refractivity (Wildman–Crippen MR) is 118 cm³/mol. The summed E-state index contributed by atoms with van der Waals surface area (Å²) in [7, 11) is 1.55. The van der Waals surface area contributed by atoms with E-state index in [-0.39, 0.29) is 30.1 Å². The molecule has 2 saturated heterocycles. The number of rotatable bonds is 4. The van der Waals surface area contributed by atoms with E-state index in [1.165, 1.54) is 10.6 Å². The third-order valence-electron chi connectivity index (χ3n) is 6.94. The largest absolute Gasteiger partial charge is 0.495 e. The van der Waals surface area contributed by atoms with Crippen LogP contribution in [0.2, 0.25) is 0 Å². The fourth-order valence-electron chi connectivity index (χ4n) is 5.47. The number of hydrogen-bond acceptors (Lipinski definition) is 6. The first-order chi connectivity index (χ1) is 15.9. The van der Waals surface area contributed by atoms with E-state index >= 15 is 0 Å². The van der Waals surface area contributed by atoms with Gasteiger partial charge in [-0.25, -0.2) is 0 Å². The molecule has 0 radical (unpaired) electrons. The molecule has 5 rings (SSSR count). The third kappa shape index (κ3) is 3.55. The van der Waals surface area contributed by atoms with Crippen LogP contribution in [-0.2, 0) is 16.1 Å². The number of ether oxygens (including phenoxy) is 1. The molecule has 1 unspecified atom stereocenters. The van der Waals surface area contributed by atoms with Crippen molar-refractivity contribution in [2.24, 2.45) is 11.8 Å². The molecular weight excluding hydrogens is 428 g/mol. The highest BCUT2D eigenvalue weighted by atomic mass is 16.6. The number of carbonyl (C=O) groups is 2. The van der Waals surface area contributed by atoms with Crippen LogP contribution >= 0.6 is 0 Å². The quantitative estimate of drug-likeness (QED) is 0.516. The van der Waals surface area contributed by atoms with E-state index in [9.17, 15) is 24.5 Å². The van der Waals surface area contributed by atoms with Gasteiger partial charge in [0.1, 0.15) is 5.75 Å². The van der Waals surface area contributed by atoms with Crippen LogP contribution in [0.4, 0.5) is 11.4 Å². The van der Waals surface area contributed by atoms with Gasteiger partial charge in [-0.2, -0.15) is 0 Å². The molecule has 3 atom stereocenters. The summed E-state index contributed by atoms with van der Waals surface area (Å²) in [6.07, 6.45) is 0.975. The Balaban J connectivity index is 1.35. The zero-order valence-electron chi connectivity index (χ0n) is 18.2. The van der Waals surface area contributed by atoms with Crippen LogP contribution in [0.15, 0.2) is 41.2 Å². The van der Waals surface area contributed by atoms with Gasteiger partial charge in [0, 0.05) is 50.3 Å². The van der Waals surface area contributed by atoms with Crippen LogP contribution in [0, 0.1) is 22.0 Å². The zero-order valence-corrected chi connectivity index (χ0v) is 18.2. The molecule has 3 aliphatic heterocycles. The van der Waals surface area contributed by atoms with Crippen LogP contribution < -0.4 is 15.2 Å². The van der Waals surface area contributed by atoms with Crippen molar-refractivity contribution in [3.8, 4) is 5.75 Å². The first-order valence-electron chi connectivity index (χ1n) is 11.0. The van der Waals surface area contributed by atoms with Gasteiger partial charge >= 0.3 is 11.2 Å². The Morgan fingerprint density at radius 2 is 1.88 bits per heavy atom. The van der Waals surface area contributed by atoms with Crippen LogP contribution in [-0.4, -0.2) is 52.9 Å². The minimum atomic E-state index is -0.652. The van der Waals surface area contributed by atoms with Gasteiger partial charge in [-0.15, -0.1) is 0 Å². The summed E-state index contributed by atoms with van der Waals surface area (Å²) in [4.78, 5) is 52.6. The van der Waals surface area contributed by atoms with Crippen LogP contribution in [0.5, 0.6) is 5.75 Å². The molecule has 2 bridgehead atoms. The second-order valence-electron chi connectivity index (χ2n) is 8.94. The Hall–Kier alpha value is -3.69. The number of fused-ring (bicyclic) bond motifs is 4. The SMILES string of the molecule is COc1ccccc1N1CC(C(=O)N2C[C@H]3C[C@@H](C2)c2ccc([N+](=O)[O-])c(=O)n2C3)CC1=O. The van der Waals surface area contributed by atoms with Crippen molar-refractivity contribution in [1.29, 1.82) is 0 Å². The lowest BCUT2D eigenvalue weighted by molar-refractivity contribution is -0.386. The number of benzene rings is 1. The first kappa shape index (κ1) is 21.2. The predicted octanol–water partition coefficient (Wildman–Crippen LogP) is 1.76. The van der Waals surface area contributed by atoms with Crippen molar-refractivity contribution < 1.29 is 19.2 Å². The van der Waals surface area contributed by atoms with Crippen LogP contribution in [0.25, 0.3) is 0 Å². The molecule has 4 heterocycles. The van der Waals surface area contributed by atoms with Gasteiger partial charge in [0.25, 0.3) is 0 Å². The maximum atomic E-state index is 13.4. The highest BCUT2D eigenvalue weighted by molar-refractivity contribution is 6.01. The lowest BCUT2D eigenvalue weighted by Crippen LogP contribution is -2.51. The highest BCUT2D eigenvalue weighted by Crippen LogP contribution is 2.38. The maximum absolute atomic E-state index is 13.4. The van der Waals surface area contributed by atoms with Gasteiger partial charge < -0.3 is 19.1 Å². The summed E-state index contributed by atoms with van der Waals surface area (Å²) < 4.78 is 6.88. The summed E-state index contributed by atoms with van der Waals surface area (Å²) in [6, 6.07) is 10.1. The van der Waals surface area contributed by atoms with Crippen molar-refractivity contribution in [2.45, 2.75) is 25.3 Å². The molecular formula is C23H24N4O6. The molecule has 10 nitrogen and oxygen atoms in total. The number of anilines is 1. The van der Waals surface area contributed by atoms with E-state index in [1.807, 2.05) is 18.2 Å². The summed E-state index contributed by atoms with van der Waals surface area (Å²) in [5, 5.41) is 11.1. The van der Waals surface area contributed by atoms with Crippen molar-refractivity contribution >= 4 is 23.2 Å². The van der Waals surface area contributed by atoms with Crippen molar-refractivity contribution in [3.05, 3.63) is 62.6 Å². The molecule has 2 aromatic rings. The Kier molecular flexibility index (Phi) is 5.15. The fourth-order valence-corrected chi connectivity index (χ4v) is 5.47. The molecule has 172 valence electrons. The molecule has 33 heavy (non-hydrogen) atoms. The number of methoxy groups -OCH3 is 1. The standard InChI is InChI=1S/C23H24N4O6/c1-33-20-5-3-2-4-18(20)25-13-16(9-21(25)28)22(29)24-10-14-8-15(12-24)17-6-7-19(27(31)32)23(30)26(17)11-14/h2-7,14-16H,8-13H2,1H3/t14-,15+,16?/m1/s1. The summed E-state index contributed by atoms with van der Waals surface area (Å²) >= 11 is 0. The monoisotopic (exact) mass is 452 g/mol. The number of nitrogens with zero attached hydrogens (tertiary/aromatic N) is 4. The average molecular weight is 452 g/mol. The lowest BCUT2D eigenvalue weighted by atomic mass is 9.82. The molecule has 1 aromatic carbocycles. The van der Waals surface area contributed by atoms with E-state index in [1.54, 1.807) is 29.0 Å². The summed E-state index contributed by atoms with van der Waals surface area (Å²) in [5.74, 6) is -0.0463. The second-order valence-corrected chi connectivity index (χ2v) is 8.94. The summed E-state index contributed by atoms with van der Waals surface area (Å²) in [5.41, 5.74) is 0.386. The van der Waals surface area contributed by atoms with E-state index in [0.29, 0.717) is 37.6 Å². The van der Waals surface area contributed by atoms with E-state index in [4.69, 9.17) is 4.74 Å². The van der Waals surface area contributed by atoms with Crippen molar-refractivity contribution in [2.75, 3.05) is 31.6 Å². The third-order valence-corrected chi connectivity index (χ3v) is 6.94. The van der Waals surface area contributed by atoms with Gasteiger partial charge in [-0.1, -0.05) is 12.1 Å². The normalized spacial score (nSPS) is 23.9. The van der Waals surface area contributed by atoms with Crippen LogP contribution in [0.1, 0.15) is 24.5 Å². The Bertz CT molecular complexity index is 1210. The van der Waals surface area contributed by atoms with Crippen LogP contribution in [0.3, 0.4) is 0 Å². The Labute approximate surface area is 189 Å². The number of para-hydroxylation sites is 2. The second kappa shape index (κ2) is 8.02. The number of carbonyl (C=O) groups excluding carboxylic acids is 2. The average Bonchev–Trinajstić information content (AvgIpc) is 3.20. The van der Waals surface area contributed by atoms with Crippen molar-refractivity contribution in [1.82, 2.24) is 9.47 Å². The van der Waals surface area contributed by atoms with Crippen molar-refractivity contribution in [3.63, 3.8) is 0 Å². The Morgan fingerprint density at radius 1 is 1.09 bits per heavy atom. The van der Waals surface area contributed by atoms with Gasteiger partial charge in [-0.05, 0) is 30.5 Å². The van der Waals surface area contributed by atoms with E-state index < -0.39 is 22.1 Å². The molecule has 0 aliphatic carbocycles. The number of aromatic nitrogens is 1. The molecule has 3 aliphatic rings. The topological polar surface area (TPSA) is 115 Å². The Morgan fingerprint density at radius 3 is 2.64 bits per heavy atom. The minimum Gasteiger partial charge on any atom is -0.495 e. The van der Waals surface area contributed by atoms with Gasteiger partial charge in [0.2, 0.25) is 11.8 Å². The van der Waals surface area contributed by atoms with Gasteiger partial charge in [0.05, 0.1) is 23.6 Å². The van der Waals surface area contributed by atoms with Gasteiger partial charge in [-0.3, -0.25) is 24.5 Å². The molecule has 0 saturated carbocycles. The molecule has 2 fully saturated rings. The summed E-state index contributed by atoms with van der Waals surface area (Å²) in [6.45, 7) is 1.56.